The summed E-state index contributed by atoms with van der Waals surface area (Å²) in [6, 6.07) is 1.05. The molecule has 0 fully saturated rings. The van der Waals surface area contributed by atoms with Crippen molar-refractivity contribution in [2.24, 2.45) is 0 Å². The van der Waals surface area contributed by atoms with E-state index < -0.39 is 23.4 Å². The molecule has 1 heterocycles. The first-order valence-electron chi connectivity index (χ1n) is 6.81. The van der Waals surface area contributed by atoms with Gasteiger partial charge in [-0.1, -0.05) is 12.0 Å². The number of rotatable bonds is 3. The quantitative estimate of drug-likeness (QED) is 0.474. The maximum absolute atomic E-state index is 13.4. The molecule has 2 rings (SSSR count). The number of aromatic nitrogens is 2. The smallest absolute Gasteiger partial charge is 0.229 e. The van der Waals surface area contributed by atoms with Gasteiger partial charge in [-0.2, -0.15) is 13.2 Å². The van der Waals surface area contributed by atoms with Crippen LogP contribution in [0.2, 0.25) is 0 Å². The fourth-order valence-electron chi connectivity index (χ4n) is 1.86. The van der Waals surface area contributed by atoms with Crippen LogP contribution in [0.25, 0.3) is 0 Å². The van der Waals surface area contributed by atoms with Gasteiger partial charge >= 0.3 is 6.18 Å². The predicted octanol–water partition coefficient (Wildman–Crippen LogP) is 4.29. The molecular weight excluding hydrogens is 327 g/mol. The second-order valence-electron chi connectivity index (χ2n) is 4.80. The van der Waals surface area contributed by atoms with Crippen LogP contribution in [0.1, 0.15) is 28.9 Å². The van der Waals surface area contributed by atoms with Crippen LogP contribution in [0.5, 0.6) is 0 Å². The van der Waals surface area contributed by atoms with Gasteiger partial charge in [0.25, 0.3) is 0 Å². The summed E-state index contributed by atoms with van der Waals surface area (Å²) in [6.45, 7) is 3.60. The Labute approximate surface area is 135 Å². The first kappa shape index (κ1) is 17.6. The van der Waals surface area contributed by atoms with Crippen LogP contribution in [-0.2, 0) is 12.6 Å². The zero-order valence-corrected chi connectivity index (χ0v) is 12.3. The molecule has 0 saturated heterocycles. The third-order valence-corrected chi connectivity index (χ3v) is 2.99. The van der Waals surface area contributed by atoms with E-state index >= 15 is 0 Å². The summed E-state index contributed by atoms with van der Waals surface area (Å²) < 4.78 is 64.3. The third-order valence-electron chi connectivity index (χ3n) is 2.99. The van der Waals surface area contributed by atoms with E-state index in [9.17, 15) is 22.0 Å². The summed E-state index contributed by atoms with van der Waals surface area (Å²) in [6.07, 6.45) is 1.22. The van der Waals surface area contributed by atoms with E-state index in [0.717, 1.165) is 12.0 Å². The van der Waals surface area contributed by atoms with Gasteiger partial charge in [-0.05, 0) is 36.5 Å². The molecule has 2 aromatic rings. The number of nitrogens with zero attached hydrogens (tertiary/aromatic N) is 2. The predicted molar refractivity (Wildman–Crippen MR) is 77.9 cm³/mol. The van der Waals surface area contributed by atoms with E-state index in [4.69, 9.17) is 0 Å². The monoisotopic (exact) mass is 338 g/mol. The van der Waals surface area contributed by atoms with Crippen molar-refractivity contribution in [3.63, 3.8) is 0 Å². The molecule has 0 aliphatic rings. The number of alkyl halides is 3. The molecule has 0 radical (unpaired) electrons. The second-order valence-corrected chi connectivity index (χ2v) is 4.80. The van der Waals surface area contributed by atoms with Gasteiger partial charge in [0, 0.05) is 18.0 Å². The van der Waals surface area contributed by atoms with Crippen molar-refractivity contribution in [3.05, 3.63) is 71.3 Å². The van der Waals surface area contributed by atoms with E-state index in [2.05, 4.69) is 28.4 Å². The van der Waals surface area contributed by atoms with Crippen molar-refractivity contribution < 1.29 is 22.0 Å². The highest BCUT2D eigenvalue weighted by atomic mass is 19.4. The number of hydrogen-bond acceptors (Lipinski definition) is 2. The Balaban J connectivity index is 2.23. The lowest BCUT2D eigenvalue weighted by Crippen LogP contribution is -2.11. The highest BCUT2D eigenvalue weighted by Crippen LogP contribution is 2.33. The average Bonchev–Trinajstić information content (AvgIpc) is 2.50. The largest absolute Gasteiger partial charge is 0.422 e. The van der Waals surface area contributed by atoms with Crippen LogP contribution in [-0.4, -0.2) is 9.97 Å². The Bertz CT molecular complexity index is 775. The summed E-state index contributed by atoms with van der Waals surface area (Å²) in [4.78, 5) is 7.92. The van der Waals surface area contributed by atoms with Crippen LogP contribution >= 0.6 is 0 Å². The molecule has 0 bridgehead atoms. The van der Waals surface area contributed by atoms with E-state index in [1.165, 1.54) is 0 Å². The SMILES string of the molecule is C=CCCc1cnc(C#Cc2cc(F)c(C(F)(F)F)c(F)c2)nc1. The molecule has 0 aliphatic carbocycles. The van der Waals surface area contributed by atoms with E-state index in [0.29, 0.717) is 18.6 Å². The first-order chi connectivity index (χ1) is 11.3. The molecule has 124 valence electrons. The highest BCUT2D eigenvalue weighted by molar-refractivity contribution is 5.41. The Morgan fingerprint density at radius 3 is 2.12 bits per heavy atom. The number of halogens is 5. The summed E-state index contributed by atoms with van der Waals surface area (Å²) in [7, 11) is 0. The van der Waals surface area contributed by atoms with Gasteiger partial charge in [0.15, 0.2) is 0 Å². The van der Waals surface area contributed by atoms with E-state index in [-0.39, 0.29) is 11.4 Å². The molecule has 0 amide bonds. The maximum atomic E-state index is 13.4. The van der Waals surface area contributed by atoms with E-state index in [1.54, 1.807) is 18.5 Å². The van der Waals surface area contributed by atoms with Gasteiger partial charge in [0.2, 0.25) is 5.82 Å². The van der Waals surface area contributed by atoms with Crippen LogP contribution < -0.4 is 0 Å². The van der Waals surface area contributed by atoms with Crippen LogP contribution in [0.4, 0.5) is 22.0 Å². The third kappa shape index (κ3) is 4.38. The molecule has 0 N–H and O–H groups in total. The average molecular weight is 338 g/mol. The zero-order valence-electron chi connectivity index (χ0n) is 12.3. The van der Waals surface area contributed by atoms with Crippen LogP contribution in [0.15, 0.2) is 37.2 Å². The summed E-state index contributed by atoms with van der Waals surface area (Å²) in [5, 5.41) is 0. The highest BCUT2D eigenvalue weighted by Gasteiger charge is 2.37. The second kappa shape index (κ2) is 7.21. The minimum absolute atomic E-state index is 0.0954. The number of allylic oxidation sites excluding steroid dienone is 1. The molecule has 0 aliphatic heterocycles. The molecule has 0 spiro atoms. The summed E-state index contributed by atoms with van der Waals surface area (Å²) in [5.74, 6) is 1.46. The maximum Gasteiger partial charge on any atom is 0.422 e. The molecule has 1 aromatic carbocycles. The topological polar surface area (TPSA) is 25.8 Å². The summed E-state index contributed by atoms with van der Waals surface area (Å²) in [5.41, 5.74) is -1.31. The minimum atomic E-state index is -5.11. The molecule has 2 nitrogen and oxygen atoms in total. The van der Waals surface area contributed by atoms with Gasteiger partial charge in [-0.15, -0.1) is 6.58 Å². The molecule has 24 heavy (non-hydrogen) atoms. The zero-order chi connectivity index (χ0) is 17.7. The fraction of sp³-hybridized carbons (Fsp3) is 0.176. The molecule has 0 unspecified atom stereocenters. The normalized spacial score (nSPS) is 10.9. The molecular formula is C17H11F5N2. The Morgan fingerprint density at radius 2 is 1.62 bits per heavy atom. The molecule has 7 heteroatoms. The number of hydrogen-bond donors (Lipinski definition) is 0. The van der Waals surface area contributed by atoms with Gasteiger partial charge in [-0.3, -0.25) is 0 Å². The standard InChI is InChI=1S/C17H11F5N2/c1-2-3-4-12-9-23-15(24-10-12)6-5-11-7-13(18)16(14(19)8-11)17(20,21)22/h2,7-10H,1,3-4H2. The Morgan fingerprint density at radius 1 is 1.04 bits per heavy atom. The minimum Gasteiger partial charge on any atom is -0.229 e. The van der Waals surface area contributed by atoms with E-state index in [1.807, 2.05) is 0 Å². The molecule has 0 saturated carbocycles. The van der Waals surface area contributed by atoms with Crippen molar-refractivity contribution in [1.29, 1.82) is 0 Å². The lowest BCUT2D eigenvalue weighted by molar-refractivity contribution is -0.142. The number of benzene rings is 1. The van der Waals surface area contributed by atoms with Crippen molar-refractivity contribution in [2.45, 2.75) is 19.0 Å². The first-order valence-corrected chi connectivity index (χ1v) is 6.81. The number of aryl methyl sites for hydroxylation is 1. The Kier molecular flexibility index (Phi) is 5.29. The van der Waals surface area contributed by atoms with Gasteiger partial charge in [-0.25, -0.2) is 18.7 Å². The van der Waals surface area contributed by atoms with Crippen molar-refractivity contribution in [1.82, 2.24) is 9.97 Å². The van der Waals surface area contributed by atoms with Gasteiger partial charge < -0.3 is 0 Å². The van der Waals surface area contributed by atoms with Crippen molar-refractivity contribution in [3.8, 4) is 11.8 Å². The fourth-order valence-corrected chi connectivity index (χ4v) is 1.86. The lowest BCUT2D eigenvalue weighted by atomic mass is 10.1. The molecule has 0 atom stereocenters. The van der Waals surface area contributed by atoms with Gasteiger partial charge in [0.1, 0.15) is 17.2 Å². The van der Waals surface area contributed by atoms with Crippen LogP contribution in [0, 0.1) is 23.5 Å². The lowest BCUT2D eigenvalue weighted by Gasteiger charge is -2.09. The van der Waals surface area contributed by atoms with Crippen molar-refractivity contribution >= 4 is 0 Å². The van der Waals surface area contributed by atoms with Crippen LogP contribution in [0.3, 0.4) is 0 Å². The van der Waals surface area contributed by atoms with Gasteiger partial charge in [0.05, 0.1) is 0 Å². The van der Waals surface area contributed by atoms with Crippen molar-refractivity contribution in [2.75, 3.05) is 0 Å². The Hall–Kier alpha value is -2.75. The summed E-state index contributed by atoms with van der Waals surface area (Å²) >= 11 is 0. The molecule has 1 aromatic heterocycles.